The SMILES string of the molecule is O=C(NCCc1ccccc1)c1ccc(=O)n(Cc2ccc(F)cc2)n1. The van der Waals surface area contributed by atoms with Crippen LogP contribution in [0.2, 0.25) is 0 Å². The van der Waals surface area contributed by atoms with Gasteiger partial charge in [0.2, 0.25) is 0 Å². The number of nitrogens with zero attached hydrogens (tertiary/aromatic N) is 2. The van der Waals surface area contributed by atoms with Crippen LogP contribution in [0.5, 0.6) is 0 Å². The van der Waals surface area contributed by atoms with Crippen molar-refractivity contribution in [2.24, 2.45) is 0 Å². The molecule has 132 valence electrons. The van der Waals surface area contributed by atoms with E-state index in [1.807, 2.05) is 30.3 Å². The van der Waals surface area contributed by atoms with E-state index in [4.69, 9.17) is 0 Å². The van der Waals surface area contributed by atoms with Gasteiger partial charge in [0.25, 0.3) is 11.5 Å². The number of benzene rings is 2. The second kappa shape index (κ2) is 8.20. The first-order valence-corrected chi connectivity index (χ1v) is 8.26. The molecule has 0 aliphatic carbocycles. The Morgan fingerprint density at radius 1 is 0.962 bits per heavy atom. The number of amides is 1. The summed E-state index contributed by atoms with van der Waals surface area (Å²) in [5.74, 6) is -0.686. The first-order valence-electron chi connectivity index (χ1n) is 8.26. The van der Waals surface area contributed by atoms with Crippen molar-refractivity contribution in [3.05, 3.63) is 99.7 Å². The van der Waals surface area contributed by atoms with Gasteiger partial charge in [-0.25, -0.2) is 9.07 Å². The summed E-state index contributed by atoms with van der Waals surface area (Å²) in [6.07, 6.45) is 0.710. The molecular weight excluding hydrogens is 333 g/mol. The Labute approximate surface area is 150 Å². The third-order valence-electron chi connectivity index (χ3n) is 3.89. The van der Waals surface area contributed by atoms with Crippen LogP contribution < -0.4 is 10.9 Å². The summed E-state index contributed by atoms with van der Waals surface area (Å²) >= 11 is 0. The topological polar surface area (TPSA) is 64.0 Å². The molecule has 0 spiro atoms. The molecule has 1 heterocycles. The van der Waals surface area contributed by atoms with E-state index in [1.54, 1.807) is 12.1 Å². The average Bonchev–Trinajstić information content (AvgIpc) is 2.66. The Balaban J connectivity index is 1.65. The fourth-order valence-electron chi connectivity index (χ4n) is 2.50. The Bertz CT molecular complexity index is 937. The van der Waals surface area contributed by atoms with Crippen molar-refractivity contribution in [2.45, 2.75) is 13.0 Å². The van der Waals surface area contributed by atoms with E-state index < -0.39 is 0 Å². The molecule has 0 aliphatic heterocycles. The van der Waals surface area contributed by atoms with E-state index >= 15 is 0 Å². The van der Waals surface area contributed by atoms with E-state index in [0.29, 0.717) is 13.0 Å². The number of nitrogens with one attached hydrogen (secondary N) is 1. The summed E-state index contributed by atoms with van der Waals surface area (Å²) in [6, 6.07) is 18.3. The van der Waals surface area contributed by atoms with Crippen LogP contribution in [0.15, 0.2) is 71.5 Å². The fourth-order valence-corrected chi connectivity index (χ4v) is 2.50. The lowest BCUT2D eigenvalue weighted by Crippen LogP contribution is -2.31. The number of rotatable bonds is 6. The smallest absolute Gasteiger partial charge is 0.271 e. The Kier molecular flexibility index (Phi) is 5.53. The van der Waals surface area contributed by atoms with Crippen LogP contribution in [0.25, 0.3) is 0 Å². The Hall–Kier alpha value is -3.28. The average molecular weight is 351 g/mol. The van der Waals surface area contributed by atoms with E-state index in [-0.39, 0.29) is 29.5 Å². The largest absolute Gasteiger partial charge is 0.350 e. The lowest BCUT2D eigenvalue weighted by Gasteiger charge is -2.08. The van der Waals surface area contributed by atoms with Crippen LogP contribution in [0.4, 0.5) is 4.39 Å². The van der Waals surface area contributed by atoms with E-state index in [0.717, 1.165) is 11.1 Å². The predicted molar refractivity (Wildman–Crippen MR) is 96.5 cm³/mol. The second-order valence-electron chi connectivity index (χ2n) is 5.83. The lowest BCUT2D eigenvalue weighted by molar-refractivity contribution is 0.0946. The van der Waals surface area contributed by atoms with Crippen molar-refractivity contribution in [1.82, 2.24) is 15.1 Å². The normalized spacial score (nSPS) is 10.5. The summed E-state index contributed by atoms with van der Waals surface area (Å²) in [6.45, 7) is 0.645. The third-order valence-corrected chi connectivity index (χ3v) is 3.89. The van der Waals surface area contributed by atoms with Gasteiger partial charge in [-0.15, -0.1) is 0 Å². The van der Waals surface area contributed by atoms with Crippen molar-refractivity contribution in [2.75, 3.05) is 6.54 Å². The molecule has 0 saturated heterocycles. The van der Waals surface area contributed by atoms with Crippen molar-refractivity contribution in [1.29, 1.82) is 0 Å². The molecule has 6 heteroatoms. The number of hydrogen-bond acceptors (Lipinski definition) is 3. The Morgan fingerprint density at radius 2 is 1.69 bits per heavy atom. The highest BCUT2D eigenvalue weighted by atomic mass is 19.1. The molecule has 26 heavy (non-hydrogen) atoms. The molecule has 1 aromatic heterocycles. The number of carbonyl (C=O) groups is 1. The first-order chi connectivity index (χ1) is 12.6. The standard InChI is InChI=1S/C20H18FN3O2/c21-17-8-6-16(7-9-17)14-24-19(25)11-10-18(23-24)20(26)22-13-12-15-4-2-1-3-5-15/h1-11H,12-14H2,(H,22,26). The highest BCUT2D eigenvalue weighted by Crippen LogP contribution is 2.04. The maximum Gasteiger partial charge on any atom is 0.271 e. The summed E-state index contributed by atoms with van der Waals surface area (Å²) < 4.78 is 14.2. The van der Waals surface area contributed by atoms with Crippen LogP contribution in [0, 0.1) is 5.82 Å². The van der Waals surface area contributed by atoms with Gasteiger partial charge in [-0.05, 0) is 35.7 Å². The van der Waals surface area contributed by atoms with Gasteiger partial charge in [-0.3, -0.25) is 9.59 Å². The minimum absolute atomic E-state index is 0.166. The molecule has 1 N–H and O–H groups in total. The Morgan fingerprint density at radius 3 is 2.42 bits per heavy atom. The minimum atomic E-state index is -0.347. The monoisotopic (exact) mass is 351 g/mol. The highest BCUT2D eigenvalue weighted by Gasteiger charge is 2.09. The van der Waals surface area contributed by atoms with E-state index in [9.17, 15) is 14.0 Å². The van der Waals surface area contributed by atoms with Crippen LogP contribution in [-0.4, -0.2) is 22.2 Å². The van der Waals surface area contributed by atoms with Crippen molar-refractivity contribution in [3.8, 4) is 0 Å². The van der Waals surface area contributed by atoms with Crippen LogP contribution in [0.3, 0.4) is 0 Å². The van der Waals surface area contributed by atoms with Gasteiger partial charge in [0.1, 0.15) is 11.5 Å². The molecule has 0 aliphatic rings. The molecule has 0 bridgehead atoms. The van der Waals surface area contributed by atoms with Gasteiger partial charge in [0.05, 0.1) is 6.54 Å². The van der Waals surface area contributed by atoms with Crippen molar-refractivity contribution in [3.63, 3.8) is 0 Å². The number of carbonyl (C=O) groups excluding carboxylic acids is 1. The quantitative estimate of drug-likeness (QED) is 0.742. The maximum atomic E-state index is 13.0. The summed E-state index contributed by atoms with van der Waals surface area (Å²) in [5, 5.41) is 6.91. The zero-order valence-electron chi connectivity index (χ0n) is 14.1. The van der Waals surface area contributed by atoms with Gasteiger partial charge in [-0.2, -0.15) is 5.10 Å². The molecule has 0 saturated carbocycles. The molecule has 2 aromatic carbocycles. The summed E-state index contributed by atoms with van der Waals surface area (Å²) in [5.41, 5.74) is 1.69. The van der Waals surface area contributed by atoms with E-state index in [1.165, 1.54) is 28.9 Å². The maximum absolute atomic E-state index is 13.0. The summed E-state index contributed by atoms with van der Waals surface area (Å²) in [7, 11) is 0. The molecule has 0 radical (unpaired) electrons. The zero-order valence-corrected chi connectivity index (χ0v) is 14.1. The van der Waals surface area contributed by atoms with Gasteiger partial charge in [0, 0.05) is 12.6 Å². The molecule has 0 atom stereocenters. The second-order valence-corrected chi connectivity index (χ2v) is 5.83. The van der Waals surface area contributed by atoms with Crippen molar-refractivity contribution < 1.29 is 9.18 Å². The van der Waals surface area contributed by atoms with Gasteiger partial charge >= 0.3 is 0 Å². The fraction of sp³-hybridized carbons (Fsp3) is 0.150. The number of halogens is 1. The number of hydrogen-bond donors (Lipinski definition) is 1. The molecule has 3 rings (SSSR count). The van der Waals surface area contributed by atoms with E-state index in [2.05, 4.69) is 10.4 Å². The molecule has 0 unspecified atom stereocenters. The van der Waals surface area contributed by atoms with Gasteiger partial charge < -0.3 is 5.32 Å². The molecule has 0 fully saturated rings. The van der Waals surface area contributed by atoms with Crippen LogP contribution in [0.1, 0.15) is 21.6 Å². The molecule has 3 aromatic rings. The lowest BCUT2D eigenvalue weighted by atomic mass is 10.1. The van der Waals surface area contributed by atoms with Crippen LogP contribution in [-0.2, 0) is 13.0 Å². The minimum Gasteiger partial charge on any atom is -0.350 e. The molecule has 1 amide bonds. The third kappa shape index (κ3) is 4.63. The zero-order chi connectivity index (χ0) is 18.4. The van der Waals surface area contributed by atoms with Crippen molar-refractivity contribution >= 4 is 5.91 Å². The molecular formula is C20H18FN3O2. The van der Waals surface area contributed by atoms with Gasteiger partial charge in [0.15, 0.2) is 0 Å². The first kappa shape index (κ1) is 17.5. The number of aromatic nitrogens is 2. The van der Waals surface area contributed by atoms with Gasteiger partial charge in [-0.1, -0.05) is 42.5 Å². The summed E-state index contributed by atoms with van der Waals surface area (Å²) in [4.78, 5) is 24.2. The predicted octanol–water partition coefficient (Wildman–Crippen LogP) is 2.40. The highest BCUT2D eigenvalue weighted by molar-refractivity contribution is 5.91. The van der Waals surface area contributed by atoms with Crippen LogP contribution >= 0.6 is 0 Å². The molecule has 5 nitrogen and oxygen atoms in total.